The van der Waals surface area contributed by atoms with Gasteiger partial charge in [0.15, 0.2) is 0 Å². The summed E-state index contributed by atoms with van der Waals surface area (Å²) in [5.41, 5.74) is 0. The van der Waals surface area contributed by atoms with Crippen molar-refractivity contribution in [3.05, 3.63) is 36.6 Å². The Labute approximate surface area is 57.3 Å². The molecule has 0 bridgehead atoms. The van der Waals surface area contributed by atoms with Crippen molar-refractivity contribution in [1.82, 2.24) is 0 Å². The fourth-order valence-corrected chi connectivity index (χ4v) is 1.09. The van der Waals surface area contributed by atoms with Crippen LogP contribution in [-0.4, -0.2) is 0 Å². The summed E-state index contributed by atoms with van der Waals surface area (Å²) in [7, 11) is 0. The molecule has 0 nitrogen and oxygen atoms in total. The van der Waals surface area contributed by atoms with E-state index in [1.54, 1.807) is 12.1 Å². The molecule has 0 amide bonds. The van der Waals surface area contributed by atoms with Crippen LogP contribution in [0.4, 0.5) is 3.89 Å². The number of halogens is 1. The summed E-state index contributed by atoms with van der Waals surface area (Å²) in [5.74, 6) is 0. The van der Waals surface area contributed by atoms with Gasteiger partial charge in [-0.2, -0.15) is 3.89 Å². The molecule has 9 heavy (non-hydrogen) atoms. The highest BCUT2D eigenvalue weighted by atomic mass is 32.2. The third-order valence-electron chi connectivity index (χ3n) is 1.04. The van der Waals surface area contributed by atoms with Crippen molar-refractivity contribution in [3.8, 4) is 0 Å². The molecule has 1 aromatic carbocycles. The van der Waals surface area contributed by atoms with Gasteiger partial charge in [0.2, 0.25) is 0 Å². The fourth-order valence-electron chi connectivity index (χ4n) is 0.590. The average molecular weight is 143 g/mol. The van der Waals surface area contributed by atoms with Crippen LogP contribution in [0.25, 0.3) is 0 Å². The fraction of sp³-hybridized carbons (Fsp3) is 0. The van der Waals surface area contributed by atoms with Gasteiger partial charge in [0.05, 0.1) is 0 Å². The van der Waals surface area contributed by atoms with Crippen molar-refractivity contribution in [1.29, 1.82) is 0 Å². The number of hydrogen-bond acceptors (Lipinski definition) is 0. The molecule has 49 valence electrons. The lowest BCUT2D eigenvalue weighted by Gasteiger charge is -2.02. The van der Waals surface area contributed by atoms with Gasteiger partial charge in [-0.05, 0) is 12.1 Å². The van der Waals surface area contributed by atoms with Crippen molar-refractivity contribution >= 4 is 11.3 Å². The van der Waals surface area contributed by atoms with E-state index in [1.165, 1.54) is 0 Å². The van der Waals surface area contributed by atoms with Gasteiger partial charge < -0.3 is 0 Å². The zero-order valence-corrected chi connectivity index (χ0v) is 5.81. The third kappa shape index (κ3) is 1.72. The molecule has 0 aliphatic carbocycles. The molecule has 0 spiro atoms. The first-order valence-electron chi connectivity index (χ1n) is 2.62. The Morgan fingerprint density at radius 3 is 2.11 bits per heavy atom. The van der Waals surface area contributed by atoms with Crippen LogP contribution in [0.2, 0.25) is 0 Å². The minimum Gasteiger partial charge on any atom is -0.188 e. The first-order valence-corrected chi connectivity index (χ1v) is 4.04. The molecule has 1 atom stereocenters. The number of rotatable bonds is 1. The molecule has 0 N–H and O–H groups in total. The smallest absolute Gasteiger partial charge is 0.0152 e. The van der Waals surface area contributed by atoms with Gasteiger partial charge in [0, 0.05) is 11.2 Å². The standard InChI is InChI=1S/C7H8FS/c1-9(8)7-5-3-2-4-6-7/h2-6,9H,1H2. The van der Waals surface area contributed by atoms with Crippen molar-refractivity contribution in [2.24, 2.45) is 0 Å². The molecule has 0 saturated carbocycles. The number of thiol groups is 1. The lowest BCUT2D eigenvalue weighted by Crippen LogP contribution is -1.67. The summed E-state index contributed by atoms with van der Waals surface area (Å²) in [6, 6.07) is 8.99. The summed E-state index contributed by atoms with van der Waals surface area (Å²) in [6.07, 6.45) is 3.31. The molecule has 2 heteroatoms. The van der Waals surface area contributed by atoms with Crippen LogP contribution in [0.3, 0.4) is 0 Å². The Kier molecular flexibility index (Phi) is 2.11. The quantitative estimate of drug-likeness (QED) is 0.574. The second-order valence-electron chi connectivity index (χ2n) is 1.70. The molecule has 1 radical (unpaired) electrons. The molecule has 0 aromatic heterocycles. The predicted molar refractivity (Wildman–Crippen MR) is 40.2 cm³/mol. The van der Waals surface area contributed by atoms with E-state index in [0.29, 0.717) is 4.90 Å². The van der Waals surface area contributed by atoms with E-state index in [2.05, 4.69) is 6.26 Å². The zero-order valence-electron chi connectivity index (χ0n) is 4.92. The Morgan fingerprint density at radius 2 is 1.78 bits per heavy atom. The molecular weight excluding hydrogens is 135 g/mol. The van der Waals surface area contributed by atoms with Gasteiger partial charge in [-0.25, -0.2) is 0 Å². The van der Waals surface area contributed by atoms with E-state index in [4.69, 9.17) is 0 Å². The van der Waals surface area contributed by atoms with Crippen molar-refractivity contribution in [2.75, 3.05) is 0 Å². The summed E-state index contributed by atoms with van der Waals surface area (Å²) in [4.78, 5) is 0.701. The molecular formula is C7H8FS. The lowest BCUT2D eigenvalue weighted by molar-refractivity contribution is 0.921. The Balaban J connectivity index is 2.85. The third-order valence-corrected chi connectivity index (χ3v) is 1.89. The first kappa shape index (κ1) is 6.62. The molecule has 0 aliphatic heterocycles. The number of hydrogen-bond donors (Lipinski definition) is 1. The monoisotopic (exact) mass is 143 g/mol. The normalized spacial score (nSPS) is 15.1. The van der Waals surface area contributed by atoms with Crippen LogP contribution in [0.1, 0.15) is 0 Å². The van der Waals surface area contributed by atoms with E-state index >= 15 is 0 Å². The Bertz CT molecular complexity index is 172. The molecule has 1 unspecified atom stereocenters. The van der Waals surface area contributed by atoms with Gasteiger partial charge in [0.1, 0.15) is 0 Å². The molecule has 0 heterocycles. The van der Waals surface area contributed by atoms with Gasteiger partial charge >= 0.3 is 0 Å². The van der Waals surface area contributed by atoms with E-state index in [1.807, 2.05) is 18.2 Å². The van der Waals surface area contributed by atoms with Gasteiger partial charge in [-0.15, -0.1) is 0 Å². The van der Waals surface area contributed by atoms with Crippen LogP contribution >= 0.6 is 11.3 Å². The van der Waals surface area contributed by atoms with Gasteiger partial charge in [-0.3, -0.25) is 0 Å². The summed E-state index contributed by atoms with van der Waals surface area (Å²) < 4.78 is 12.4. The van der Waals surface area contributed by atoms with Gasteiger partial charge in [0.25, 0.3) is 0 Å². The predicted octanol–water partition coefficient (Wildman–Crippen LogP) is 2.72. The SMILES string of the molecule is [CH2][SH](F)c1ccccc1. The molecule has 1 rings (SSSR count). The maximum atomic E-state index is 12.4. The van der Waals surface area contributed by atoms with Crippen LogP contribution < -0.4 is 0 Å². The second-order valence-corrected chi connectivity index (χ2v) is 2.94. The van der Waals surface area contributed by atoms with Crippen LogP contribution in [0, 0.1) is 6.26 Å². The molecule has 1 aromatic rings. The Morgan fingerprint density at radius 1 is 1.22 bits per heavy atom. The topological polar surface area (TPSA) is 0 Å². The molecule has 0 fully saturated rings. The largest absolute Gasteiger partial charge is 0.188 e. The first-order chi connectivity index (χ1) is 4.30. The maximum Gasteiger partial charge on any atom is 0.0152 e. The summed E-state index contributed by atoms with van der Waals surface area (Å²) in [5, 5.41) is 0. The Hall–Kier alpha value is -0.500. The van der Waals surface area contributed by atoms with E-state index in [0.717, 1.165) is 0 Å². The van der Waals surface area contributed by atoms with E-state index in [9.17, 15) is 3.89 Å². The van der Waals surface area contributed by atoms with Gasteiger partial charge in [-0.1, -0.05) is 29.5 Å². The van der Waals surface area contributed by atoms with E-state index < -0.39 is 11.3 Å². The minimum absolute atomic E-state index is 0.701. The highest BCUT2D eigenvalue weighted by Gasteiger charge is 1.93. The summed E-state index contributed by atoms with van der Waals surface area (Å²) >= 11 is -1.65. The lowest BCUT2D eigenvalue weighted by atomic mass is 10.4. The molecule has 0 saturated heterocycles. The molecule has 0 aliphatic rings. The average Bonchev–Trinajstić information content (AvgIpc) is 1.90. The zero-order chi connectivity index (χ0) is 6.69. The van der Waals surface area contributed by atoms with Crippen LogP contribution in [0.5, 0.6) is 0 Å². The van der Waals surface area contributed by atoms with Crippen molar-refractivity contribution < 1.29 is 3.89 Å². The van der Waals surface area contributed by atoms with Crippen molar-refractivity contribution in [2.45, 2.75) is 4.90 Å². The van der Waals surface area contributed by atoms with E-state index in [-0.39, 0.29) is 0 Å². The van der Waals surface area contributed by atoms with Crippen molar-refractivity contribution in [3.63, 3.8) is 0 Å². The second kappa shape index (κ2) is 2.87. The minimum atomic E-state index is -1.65. The highest BCUT2D eigenvalue weighted by Crippen LogP contribution is 2.34. The summed E-state index contributed by atoms with van der Waals surface area (Å²) in [6.45, 7) is 0. The highest BCUT2D eigenvalue weighted by molar-refractivity contribution is 8.13. The van der Waals surface area contributed by atoms with Crippen LogP contribution in [-0.2, 0) is 0 Å². The number of benzene rings is 1. The maximum absolute atomic E-state index is 12.4. The van der Waals surface area contributed by atoms with Crippen LogP contribution in [0.15, 0.2) is 35.2 Å².